The first-order valence-electron chi connectivity index (χ1n) is 10.9. The molecule has 2 fully saturated rings. The Morgan fingerprint density at radius 2 is 1.71 bits per heavy atom. The monoisotopic (exact) mass is 381 g/mol. The third-order valence-corrected chi connectivity index (χ3v) is 6.36. The number of fused-ring (bicyclic) bond motifs is 1. The van der Waals surface area contributed by atoms with E-state index in [2.05, 4.69) is 10.3 Å². The van der Waals surface area contributed by atoms with Gasteiger partial charge in [0.2, 0.25) is 5.91 Å². The van der Waals surface area contributed by atoms with E-state index in [0.717, 1.165) is 49.7 Å². The largest absolute Gasteiger partial charge is 0.353 e. The van der Waals surface area contributed by atoms with Crippen molar-refractivity contribution in [2.75, 3.05) is 13.1 Å². The lowest BCUT2D eigenvalue weighted by atomic mass is 9.92. The highest BCUT2D eigenvalue weighted by atomic mass is 16.2. The van der Waals surface area contributed by atoms with E-state index in [4.69, 9.17) is 0 Å². The number of rotatable bonds is 4. The maximum absolute atomic E-state index is 12.8. The maximum atomic E-state index is 12.8. The van der Waals surface area contributed by atoms with Crippen LogP contribution in [0.15, 0.2) is 30.3 Å². The highest BCUT2D eigenvalue weighted by molar-refractivity contribution is 5.98. The van der Waals surface area contributed by atoms with E-state index in [0.29, 0.717) is 24.1 Å². The van der Waals surface area contributed by atoms with Crippen molar-refractivity contribution in [2.45, 2.75) is 63.8 Å². The summed E-state index contributed by atoms with van der Waals surface area (Å²) in [4.78, 5) is 30.4. The zero-order chi connectivity index (χ0) is 19.3. The average molecular weight is 382 g/mol. The van der Waals surface area contributed by atoms with Crippen LogP contribution in [-0.2, 0) is 4.79 Å². The molecule has 2 heterocycles. The minimum absolute atomic E-state index is 0.0672. The molecule has 0 bridgehead atoms. The summed E-state index contributed by atoms with van der Waals surface area (Å²) in [6.45, 7) is 1.46. The van der Waals surface area contributed by atoms with Gasteiger partial charge in [0, 0.05) is 36.5 Å². The van der Waals surface area contributed by atoms with Crippen LogP contribution in [0.4, 0.5) is 0 Å². The second kappa shape index (κ2) is 8.80. The summed E-state index contributed by atoms with van der Waals surface area (Å²) in [5, 5.41) is 4.32. The van der Waals surface area contributed by atoms with Gasteiger partial charge in [0.1, 0.15) is 5.69 Å². The molecule has 0 atom stereocenters. The Bertz CT molecular complexity index is 779. The van der Waals surface area contributed by atoms with Crippen molar-refractivity contribution in [3.63, 3.8) is 0 Å². The number of carbonyl (C=O) groups excluding carboxylic acids is 2. The maximum Gasteiger partial charge on any atom is 0.270 e. The Labute approximate surface area is 166 Å². The van der Waals surface area contributed by atoms with Crippen LogP contribution in [0.1, 0.15) is 68.3 Å². The van der Waals surface area contributed by atoms with Gasteiger partial charge in [0.05, 0.1) is 0 Å². The number of hydrogen-bond donors (Lipinski definition) is 2. The standard InChI is InChI=1S/C23H31N3O2/c27-22(24-19-8-3-1-2-4-9-19)15-17-11-13-26(14-12-17)23(28)21-16-18-7-5-6-10-20(18)25-21/h5-7,10,16-17,19,25H,1-4,8-9,11-15H2,(H,24,27). The van der Waals surface area contributed by atoms with Crippen molar-refractivity contribution >= 4 is 22.7 Å². The van der Waals surface area contributed by atoms with Crippen LogP contribution in [0.2, 0.25) is 0 Å². The Morgan fingerprint density at radius 3 is 2.43 bits per heavy atom. The molecule has 4 rings (SSSR count). The molecule has 1 aromatic heterocycles. The fraction of sp³-hybridized carbons (Fsp3) is 0.565. The molecule has 0 spiro atoms. The number of para-hydroxylation sites is 1. The number of aromatic amines is 1. The predicted molar refractivity (Wildman–Crippen MR) is 111 cm³/mol. The van der Waals surface area contributed by atoms with Crippen LogP contribution >= 0.6 is 0 Å². The van der Waals surface area contributed by atoms with Crippen LogP contribution in [0.3, 0.4) is 0 Å². The molecule has 150 valence electrons. The number of H-pyrrole nitrogens is 1. The van der Waals surface area contributed by atoms with E-state index in [1.165, 1.54) is 25.7 Å². The zero-order valence-electron chi connectivity index (χ0n) is 16.6. The van der Waals surface area contributed by atoms with Crippen LogP contribution in [0.5, 0.6) is 0 Å². The number of carbonyl (C=O) groups is 2. The summed E-state index contributed by atoms with van der Waals surface area (Å²) in [5.41, 5.74) is 1.65. The minimum Gasteiger partial charge on any atom is -0.353 e. The molecular weight excluding hydrogens is 350 g/mol. The first-order valence-corrected chi connectivity index (χ1v) is 10.9. The highest BCUT2D eigenvalue weighted by Crippen LogP contribution is 2.24. The summed E-state index contributed by atoms with van der Waals surface area (Å²) in [7, 11) is 0. The molecule has 5 nitrogen and oxygen atoms in total. The number of piperidine rings is 1. The second-order valence-corrected chi connectivity index (χ2v) is 8.47. The summed E-state index contributed by atoms with van der Waals surface area (Å²) in [6, 6.07) is 10.3. The van der Waals surface area contributed by atoms with Crippen molar-refractivity contribution in [2.24, 2.45) is 5.92 Å². The van der Waals surface area contributed by atoms with E-state index in [9.17, 15) is 9.59 Å². The number of hydrogen-bond acceptors (Lipinski definition) is 2. The van der Waals surface area contributed by atoms with Crippen LogP contribution in [0, 0.1) is 5.92 Å². The third kappa shape index (κ3) is 4.57. The second-order valence-electron chi connectivity index (χ2n) is 8.47. The fourth-order valence-corrected chi connectivity index (χ4v) is 4.67. The first kappa shape index (κ1) is 19.0. The lowest BCUT2D eigenvalue weighted by Crippen LogP contribution is -2.41. The number of likely N-dealkylation sites (tertiary alicyclic amines) is 1. The quantitative estimate of drug-likeness (QED) is 0.778. The molecule has 1 aromatic carbocycles. The van der Waals surface area contributed by atoms with E-state index >= 15 is 0 Å². The summed E-state index contributed by atoms with van der Waals surface area (Å²) < 4.78 is 0. The lowest BCUT2D eigenvalue weighted by molar-refractivity contribution is -0.123. The third-order valence-electron chi connectivity index (χ3n) is 6.36. The molecule has 2 N–H and O–H groups in total. The van der Waals surface area contributed by atoms with Crippen molar-refractivity contribution in [1.29, 1.82) is 0 Å². The molecule has 2 aromatic rings. The molecule has 1 saturated carbocycles. The van der Waals surface area contributed by atoms with E-state index in [-0.39, 0.29) is 11.8 Å². The summed E-state index contributed by atoms with van der Waals surface area (Å²) >= 11 is 0. The number of nitrogens with zero attached hydrogens (tertiary/aromatic N) is 1. The smallest absolute Gasteiger partial charge is 0.270 e. The number of aromatic nitrogens is 1. The molecule has 1 aliphatic heterocycles. The molecule has 0 unspecified atom stereocenters. The van der Waals surface area contributed by atoms with E-state index < -0.39 is 0 Å². The molecule has 2 amide bonds. The SMILES string of the molecule is O=C(CC1CCN(C(=O)c2cc3ccccc3[nH]2)CC1)NC1CCCCCC1. The predicted octanol–water partition coefficient (Wildman–Crippen LogP) is 4.25. The van der Waals surface area contributed by atoms with Crippen LogP contribution in [-0.4, -0.2) is 40.8 Å². The van der Waals surface area contributed by atoms with Gasteiger partial charge in [-0.1, -0.05) is 43.9 Å². The Morgan fingerprint density at radius 1 is 1.00 bits per heavy atom. The van der Waals surface area contributed by atoms with Gasteiger partial charge in [-0.15, -0.1) is 0 Å². The molecule has 1 aliphatic carbocycles. The van der Waals surface area contributed by atoms with Gasteiger partial charge in [-0.05, 0) is 43.7 Å². The normalized spacial score (nSPS) is 19.5. The van der Waals surface area contributed by atoms with Crippen molar-refractivity contribution in [3.8, 4) is 0 Å². The van der Waals surface area contributed by atoms with Gasteiger partial charge in [-0.3, -0.25) is 9.59 Å². The van der Waals surface area contributed by atoms with E-state index in [1.807, 2.05) is 35.2 Å². The Kier molecular flexibility index (Phi) is 5.98. The molecule has 5 heteroatoms. The zero-order valence-corrected chi connectivity index (χ0v) is 16.6. The van der Waals surface area contributed by atoms with Crippen molar-refractivity contribution in [1.82, 2.24) is 15.2 Å². The number of benzene rings is 1. The summed E-state index contributed by atoms with van der Waals surface area (Å²) in [5.74, 6) is 0.655. The van der Waals surface area contributed by atoms with Crippen molar-refractivity contribution in [3.05, 3.63) is 36.0 Å². The van der Waals surface area contributed by atoms with Gasteiger partial charge in [-0.25, -0.2) is 0 Å². The van der Waals surface area contributed by atoms with Gasteiger partial charge >= 0.3 is 0 Å². The van der Waals surface area contributed by atoms with Crippen LogP contribution in [0.25, 0.3) is 10.9 Å². The number of amides is 2. The average Bonchev–Trinajstić information content (AvgIpc) is 2.98. The van der Waals surface area contributed by atoms with E-state index in [1.54, 1.807) is 0 Å². The highest BCUT2D eigenvalue weighted by Gasteiger charge is 2.26. The van der Waals surface area contributed by atoms with Gasteiger partial charge in [0.25, 0.3) is 5.91 Å². The van der Waals surface area contributed by atoms with Gasteiger partial charge in [-0.2, -0.15) is 0 Å². The van der Waals surface area contributed by atoms with Gasteiger partial charge in [0.15, 0.2) is 0 Å². The molecule has 1 saturated heterocycles. The molecular formula is C23H31N3O2. The Hall–Kier alpha value is -2.30. The lowest BCUT2D eigenvalue weighted by Gasteiger charge is -2.31. The fourth-order valence-electron chi connectivity index (χ4n) is 4.67. The number of nitrogens with one attached hydrogen (secondary N) is 2. The molecule has 28 heavy (non-hydrogen) atoms. The molecule has 0 radical (unpaired) electrons. The van der Waals surface area contributed by atoms with Crippen molar-refractivity contribution < 1.29 is 9.59 Å². The molecule has 2 aliphatic rings. The Balaban J connectivity index is 1.25. The summed E-state index contributed by atoms with van der Waals surface area (Å²) in [6.07, 6.45) is 9.74. The van der Waals surface area contributed by atoms with Gasteiger partial charge < -0.3 is 15.2 Å². The minimum atomic E-state index is 0.0672. The first-order chi connectivity index (χ1) is 13.7. The topological polar surface area (TPSA) is 65.2 Å². The van der Waals surface area contributed by atoms with Crippen LogP contribution < -0.4 is 5.32 Å².